The Labute approximate surface area is 128 Å². The third kappa shape index (κ3) is 5.15. The first-order chi connectivity index (χ1) is 9.77. The normalized spacial score (nSPS) is 22.8. The van der Waals surface area contributed by atoms with E-state index in [1.165, 1.54) is 0 Å². The van der Waals surface area contributed by atoms with Crippen LogP contribution in [0, 0.1) is 5.92 Å². The zero-order chi connectivity index (χ0) is 15.5. The van der Waals surface area contributed by atoms with Crippen LogP contribution in [0.1, 0.15) is 52.9 Å². The topological polar surface area (TPSA) is 61.8 Å². The molecule has 0 radical (unpaired) electrons. The summed E-state index contributed by atoms with van der Waals surface area (Å²) in [7, 11) is 0. The number of carbonyl (C=O) groups excluding carboxylic acids is 1. The predicted octanol–water partition coefficient (Wildman–Crippen LogP) is 2.14. The number of likely N-dealkylation sites (tertiary alicyclic amines) is 1. The molecule has 0 spiro atoms. The molecule has 1 heterocycles. The highest BCUT2D eigenvalue weighted by Crippen LogP contribution is 2.30. The summed E-state index contributed by atoms with van der Waals surface area (Å²) in [6.45, 7) is 8.87. The quantitative estimate of drug-likeness (QED) is 0.835. The van der Waals surface area contributed by atoms with E-state index in [-0.39, 0.29) is 6.09 Å². The third-order valence-electron chi connectivity index (χ3n) is 4.44. The van der Waals surface area contributed by atoms with Crippen LogP contribution in [0.2, 0.25) is 0 Å². The molecule has 21 heavy (non-hydrogen) atoms. The number of amides is 1. The molecule has 0 bridgehead atoms. The van der Waals surface area contributed by atoms with Crippen LogP contribution >= 0.6 is 0 Å². The Bertz CT molecular complexity index is 353. The predicted molar refractivity (Wildman–Crippen MR) is 82.2 cm³/mol. The number of nitrogens with one attached hydrogen (secondary N) is 1. The standard InChI is InChI=1S/C16H30N2O3/c1-15(2,3)21-14(19)18-9-5-13(6-10-18)11-17-12-16(20)7-4-8-16/h13,17,20H,4-12H2,1-3H3. The van der Waals surface area contributed by atoms with Crippen molar-refractivity contribution in [3.8, 4) is 0 Å². The van der Waals surface area contributed by atoms with Gasteiger partial charge in [-0.1, -0.05) is 0 Å². The van der Waals surface area contributed by atoms with Gasteiger partial charge in [-0.3, -0.25) is 0 Å². The summed E-state index contributed by atoms with van der Waals surface area (Å²) in [5.41, 5.74) is -0.870. The Hall–Kier alpha value is -0.810. The van der Waals surface area contributed by atoms with Gasteiger partial charge in [-0.2, -0.15) is 0 Å². The van der Waals surface area contributed by atoms with Gasteiger partial charge in [-0.15, -0.1) is 0 Å². The second kappa shape index (κ2) is 6.53. The van der Waals surface area contributed by atoms with Crippen LogP contribution in [0.3, 0.4) is 0 Å². The summed E-state index contributed by atoms with van der Waals surface area (Å²) in [5, 5.41) is 13.4. The average molecular weight is 298 g/mol. The van der Waals surface area contributed by atoms with Crippen LogP contribution in [-0.4, -0.2) is 53.5 Å². The molecule has 1 amide bonds. The minimum absolute atomic E-state index is 0.197. The molecule has 2 rings (SSSR count). The maximum atomic E-state index is 12.0. The number of piperidine rings is 1. The van der Waals surface area contributed by atoms with E-state index in [2.05, 4.69) is 5.32 Å². The van der Waals surface area contributed by atoms with Gasteiger partial charge < -0.3 is 20.1 Å². The molecule has 1 saturated carbocycles. The highest BCUT2D eigenvalue weighted by atomic mass is 16.6. The van der Waals surface area contributed by atoms with Gasteiger partial charge in [0.15, 0.2) is 0 Å². The van der Waals surface area contributed by atoms with E-state index in [0.29, 0.717) is 12.5 Å². The Morgan fingerprint density at radius 1 is 1.33 bits per heavy atom. The lowest BCUT2D eigenvalue weighted by molar-refractivity contribution is -0.0321. The number of carbonyl (C=O) groups is 1. The maximum absolute atomic E-state index is 12.0. The first-order valence-electron chi connectivity index (χ1n) is 8.18. The lowest BCUT2D eigenvalue weighted by atomic mass is 9.80. The van der Waals surface area contributed by atoms with E-state index >= 15 is 0 Å². The van der Waals surface area contributed by atoms with Crippen LogP contribution in [0.4, 0.5) is 4.79 Å². The molecule has 1 aliphatic carbocycles. The Morgan fingerprint density at radius 3 is 2.43 bits per heavy atom. The summed E-state index contributed by atoms with van der Waals surface area (Å²) >= 11 is 0. The number of aliphatic hydroxyl groups is 1. The molecular formula is C16H30N2O3. The van der Waals surface area contributed by atoms with E-state index in [1.807, 2.05) is 20.8 Å². The van der Waals surface area contributed by atoms with Crippen LogP contribution in [0.15, 0.2) is 0 Å². The molecule has 2 fully saturated rings. The minimum Gasteiger partial charge on any atom is -0.444 e. The zero-order valence-corrected chi connectivity index (χ0v) is 13.7. The lowest BCUT2D eigenvalue weighted by Crippen LogP contribution is -2.48. The van der Waals surface area contributed by atoms with E-state index in [0.717, 1.165) is 51.7 Å². The molecule has 0 unspecified atom stereocenters. The smallest absolute Gasteiger partial charge is 0.410 e. The maximum Gasteiger partial charge on any atom is 0.410 e. The van der Waals surface area contributed by atoms with Gasteiger partial charge in [0.05, 0.1) is 5.60 Å². The Morgan fingerprint density at radius 2 is 1.95 bits per heavy atom. The summed E-state index contributed by atoms with van der Waals surface area (Å²) in [4.78, 5) is 13.8. The van der Waals surface area contributed by atoms with Crippen molar-refractivity contribution in [2.24, 2.45) is 5.92 Å². The molecule has 5 heteroatoms. The van der Waals surface area contributed by atoms with Crippen molar-refractivity contribution in [3.05, 3.63) is 0 Å². The van der Waals surface area contributed by atoms with Gasteiger partial charge in [0.1, 0.15) is 5.60 Å². The molecule has 2 N–H and O–H groups in total. The lowest BCUT2D eigenvalue weighted by Gasteiger charge is -2.38. The minimum atomic E-state index is -0.447. The van der Waals surface area contributed by atoms with Crippen molar-refractivity contribution in [2.45, 2.75) is 64.1 Å². The third-order valence-corrected chi connectivity index (χ3v) is 4.44. The fraction of sp³-hybridized carbons (Fsp3) is 0.938. The van der Waals surface area contributed by atoms with Crippen LogP contribution in [-0.2, 0) is 4.74 Å². The molecule has 1 aliphatic heterocycles. The first kappa shape index (κ1) is 16.6. The van der Waals surface area contributed by atoms with Crippen molar-refractivity contribution in [2.75, 3.05) is 26.2 Å². The monoisotopic (exact) mass is 298 g/mol. The fourth-order valence-electron chi connectivity index (χ4n) is 2.92. The fourth-order valence-corrected chi connectivity index (χ4v) is 2.92. The van der Waals surface area contributed by atoms with Gasteiger partial charge in [0, 0.05) is 19.6 Å². The summed E-state index contributed by atoms with van der Waals surface area (Å²) in [5.74, 6) is 0.590. The molecule has 0 atom stereocenters. The van der Waals surface area contributed by atoms with Gasteiger partial charge in [-0.25, -0.2) is 4.79 Å². The summed E-state index contributed by atoms with van der Waals surface area (Å²) < 4.78 is 5.40. The highest BCUT2D eigenvalue weighted by Gasteiger charge is 2.34. The number of rotatable bonds is 4. The van der Waals surface area contributed by atoms with Crippen molar-refractivity contribution in [1.29, 1.82) is 0 Å². The molecule has 0 aromatic rings. The number of nitrogens with zero attached hydrogens (tertiary/aromatic N) is 1. The van der Waals surface area contributed by atoms with E-state index in [9.17, 15) is 9.90 Å². The molecule has 0 aromatic carbocycles. The summed E-state index contributed by atoms with van der Waals surface area (Å²) in [6, 6.07) is 0. The van der Waals surface area contributed by atoms with Crippen molar-refractivity contribution >= 4 is 6.09 Å². The second-order valence-electron chi connectivity index (χ2n) is 7.62. The number of hydrogen-bond donors (Lipinski definition) is 2. The molecule has 1 saturated heterocycles. The van der Waals surface area contributed by atoms with Crippen molar-refractivity contribution in [1.82, 2.24) is 10.2 Å². The van der Waals surface area contributed by atoms with Crippen molar-refractivity contribution in [3.63, 3.8) is 0 Å². The molecule has 5 nitrogen and oxygen atoms in total. The Kier molecular flexibility index (Phi) is 5.15. The molecule has 2 aliphatic rings. The van der Waals surface area contributed by atoms with Gasteiger partial charge in [-0.05, 0) is 65.3 Å². The van der Waals surface area contributed by atoms with Crippen molar-refractivity contribution < 1.29 is 14.6 Å². The SMILES string of the molecule is CC(C)(C)OC(=O)N1CCC(CNCC2(O)CCC2)CC1. The second-order valence-corrected chi connectivity index (χ2v) is 7.62. The highest BCUT2D eigenvalue weighted by molar-refractivity contribution is 5.68. The van der Waals surface area contributed by atoms with Crippen LogP contribution in [0.25, 0.3) is 0 Å². The Balaban J connectivity index is 1.62. The average Bonchev–Trinajstić information content (AvgIpc) is 2.35. The van der Waals surface area contributed by atoms with E-state index in [1.54, 1.807) is 4.90 Å². The molecule has 122 valence electrons. The molecule has 0 aromatic heterocycles. The van der Waals surface area contributed by atoms with E-state index in [4.69, 9.17) is 4.74 Å². The first-order valence-corrected chi connectivity index (χ1v) is 8.18. The zero-order valence-electron chi connectivity index (χ0n) is 13.7. The molecular weight excluding hydrogens is 268 g/mol. The van der Waals surface area contributed by atoms with E-state index < -0.39 is 11.2 Å². The van der Waals surface area contributed by atoms with Gasteiger partial charge in [0.25, 0.3) is 0 Å². The van der Waals surface area contributed by atoms with Crippen LogP contribution in [0.5, 0.6) is 0 Å². The largest absolute Gasteiger partial charge is 0.444 e. The number of ether oxygens (including phenoxy) is 1. The van der Waals surface area contributed by atoms with Gasteiger partial charge in [0.2, 0.25) is 0 Å². The van der Waals surface area contributed by atoms with Gasteiger partial charge >= 0.3 is 6.09 Å². The number of hydrogen-bond acceptors (Lipinski definition) is 4. The van der Waals surface area contributed by atoms with Crippen LogP contribution < -0.4 is 5.32 Å². The summed E-state index contributed by atoms with van der Waals surface area (Å²) in [6.07, 6.45) is 4.81.